The molecule has 0 bridgehead atoms. The molecule has 0 saturated carbocycles. The molecule has 1 aromatic heterocycles. The van der Waals surface area contributed by atoms with Gasteiger partial charge in [0.05, 0.1) is 12.7 Å². The van der Waals surface area contributed by atoms with E-state index in [2.05, 4.69) is 4.98 Å². The minimum atomic E-state index is -1.01. The van der Waals surface area contributed by atoms with E-state index in [1.807, 2.05) is 0 Å². The Bertz CT molecular complexity index is 428. The number of carbonyl (C=O) groups is 1. The minimum Gasteiger partial charge on any atom is -0.480 e. The number of aromatic carboxylic acids is 1. The Morgan fingerprint density at radius 1 is 1.53 bits per heavy atom. The van der Waals surface area contributed by atoms with Gasteiger partial charge in [-0.3, -0.25) is 0 Å². The lowest BCUT2D eigenvalue weighted by atomic mass is 10.1. The number of rotatable bonds is 2. The molecule has 0 aliphatic heterocycles. The third kappa shape index (κ3) is 1.40. The van der Waals surface area contributed by atoms with E-state index >= 15 is 0 Å². The van der Waals surface area contributed by atoms with Crippen molar-refractivity contribution in [2.75, 3.05) is 12.8 Å². The molecule has 15 heavy (non-hydrogen) atoms. The van der Waals surface area contributed by atoms with E-state index < -0.39 is 5.97 Å². The number of hydrogen-bond donors (Lipinski definition) is 2. The molecule has 3 N–H and O–H groups in total. The Hall–Kier alpha value is -1.78. The molecule has 1 aromatic rings. The van der Waals surface area contributed by atoms with Crippen molar-refractivity contribution >= 4 is 11.7 Å². The van der Waals surface area contributed by atoms with Gasteiger partial charge in [-0.05, 0) is 24.8 Å². The van der Waals surface area contributed by atoms with Gasteiger partial charge in [-0.1, -0.05) is 0 Å². The van der Waals surface area contributed by atoms with Crippen LogP contribution in [0.5, 0.6) is 5.88 Å². The van der Waals surface area contributed by atoms with Crippen molar-refractivity contribution in [3.05, 3.63) is 16.8 Å². The molecule has 0 saturated heterocycles. The van der Waals surface area contributed by atoms with Crippen LogP contribution < -0.4 is 10.5 Å². The molecule has 0 spiro atoms. The molecule has 5 heteroatoms. The zero-order valence-electron chi connectivity index (χ0n) is 8.41. The van der Waals surface area contributed by atoms with Crippen molar-refractivity contribution in [2.24, 2.45) is 0 Å². The average molecular weight is 208 g/mol. The number of methoxy groups -OCH3 is 1. The number of nitrogen functional groups attached to an aromatic ring is 1. The lowest BCUT2D eigenvalue weighted by Crippen LogP contribution is -2.10. The highest BCUT2D eigenvalue weighted by atomic mass is 16.5. The number of carboxylic acids is 1. The van der Waals surface area contributed by atoms with Crippen LogP contribution in [0.25, 0.3) is 0 Å². The Morgan fingerprint density at radius 3 is 2.87 bits per heavy atom. The van der Waals surface area contributed by atoms with Gasteiger partial charge in [-0.25, -0.2) is 9.78 Å². The first-order valence-electron chi connectivity index (χ1n) is 4.73. The third-order valence-electron chi connectivity index (χ3n) is 2.63. The van der Waals surface area contributed by atoms with Crippen molar-refractivity contribution in [3.63, 3.8) is 0 Å². The first-order chi connectivity index (χ1) is 7.15. The molecule has 80 valence electrons. The Morgan fingerprint density at radius 2 is 2.27 bits per heavy atom. The van der Waals surface area contributed by atoms with Gasteiger partial charge in [0.25, 0.3) is 0 Å². The van der Waals surface area contributed by atoms with E-state index in [1.54, 1.807) is 0 Å². The zero-order valence-corrected chi connectivity index (χ0v) is 8.41. The summed E-state index contributed by atoms with van der Waals surface area (Å²) in [6, 6.07) is 0. The molecule has 1 aliphatic rings. The van der Waals surface area contributed by atoms with E-state index in [0.29, 0.717) is 0 Å². The molecule has 0 unspecified atom stereocenters. The second-order valence-corrected chi connectivity index (χ2v) is 3.49. The molecule has 1 heterocycles. The molecule has 0 fully saturated rings. The van der Waals surface area contributed by atoms with Gasteiger partial charge in [0.15, 0.2) is 0 Å². The summed E-state index contributed by atoms with van der Waals surface area (Å²) < 4.78 is 4.96. The second kappa shape index (κ2) is 3.42. The van der Waals surface area contributed by atoms with Crippen molar-refractivity contribution in [3.8, 4) is 5.88 Å². The summed E-state index contributed by atoms with van der Waals surface area (Å²) in [7, 11) is 1.44. The first kappa shape index (κ1) is 9.76. The number of aromatic nitrogens is 1. The Balaban J connectivity index is 2.69. The van der Waals surface area contributed by atoms with Crippen LogP contribution >= 0.6 is 0 Å². The van der Waals surface area contributed by atoms with Gasteiger partial charge < -0.3 is 15.6 Å². The second-order valence-electron chi connectivity index (χ2n) is 3.49. The molecule has 0 radical (unpaired) electrons. The summed E-state index contributed by atoms with van der Waals surface area (Å²) in [6.07, 6.45) is 2.46. The van der Waals surface area contributed by atoms with Crippen LogP contribution in [-0.4, -0.2) is 23.2 Å². The van der Waals surface area contributed by atoms with Crippen LogP contribution in [0, 0.1) is 0 Å². The van der Waals surface area contributed by atoms with E-state index in [9.17, 15) is 4.79 Å². The van der Waals surface area contributed by atoms with E-state index in [-0.39, 0.29) is 17.1 Å². The number of anilines is 1. The van der Waals surface area contributed by atoms with Crippen molar-refractivity contribution in [2.45, 2.75) is 19.3 Å². The Kier molecular flexibility index (Phi) is 2.22. The highest BCUT2D eigenvalue weighted by Gasteiger charge is 2.25. The summed E-state index contributed by atoms with van der Waals surface area (Å²) in [6.45, 7) is 0. The summed E-state index contributed by atoms with van der Waals surface area (Å²) >= 11 is 0. The van der Waals surface area contributed by atoms with E-state index in [1.165, 1.54) is 7.11 Å². The van der Waals surface area contributed by atoms with Gasteiger partial charge in [0.2, 0.25) is 5.88 Å². The van der Waals surface area contributed by atoms with Gasteiger partial charge in [-0.15, -0.1) is 0 Å². The van der Waals surface area contributed by atoms with Crippen molar-refractivity contribution in [1.82, 2.24) is 4.98 Å². The lowest BCUT2D eigenvalue weighted by molar-refractivity contribution is 0.0696. The normalized spacial score (nSPS) is 13.7. The van der Waals surface area contributed by atoms with Crippen molar-refractivity contribution < 1.29 is 14.6 Å². The maximum Gasteiger partial charge on any atom is 0.338 e. The molecule has 1 aliphatic carbocycles. The maximum atomic E-state index is 11.1. The number of aryl methyl sites for hydroxylation is 1. The Labute approximate surface area is 86.9 Å². The quantitative estimate of drug-likeness (QED) is 0.752. The molecular weight excluding hydrogens is 196 g/mol. The number of carboxylic acid groups (broad SMARTS) is 1. The highest BCUT2D eigenvalue weighted by molar-refractivity contribution is 5.97. The van der Waals surface area contributed by atoms with Crippen LogP contribution in [0.4, 0.5) is 5.69 Å². The molecular formula is C10H12N2O3. The average Bonchev–Trinajstić information content (AvgIpc) is 2.63. The smallest absolute Gasteiger partial charge is 0.338 e. The third-order valence-corrected chi connectivity index (χ3v) is 2.63. The number of pyridine rings is 1. The van der Waals surface area contributed by atoms with Crippen LogP contribution in [0.2, 0.25) is 0 Å². The fourth-order valence-corrected chi connectivity index (χ4v) is 1.97. The minimum absolute atomic E-state index is 0.130. The molecule has 0 aromatic carbocycles. The first-order valence-corrected chi connectivity index (χ1v) is 4.73. The van der Waals surface area contributed by atoms with Crippen LogP contribution in [0.3, 0.4) is 0 Å². The number of fused-ring (bicyclic) bond motifs is 1. The lowest BCUT2D eigenvalue weighted by Gasteiger charge is -2.10. The summed E-state index contributed by atoms with van der Waals surface area (Å²) in [4.78, 5) is 15.3. The fourth-order valence-electron chi connectivity index (χ4n) is 1.97. The topological polar surface area (TPSA) is 85.4 Å². The maximum absolute atomic E-state index is 11.1. The predicted molar refractivity (Wildman–Crippen MR) is 54.2 cm³/mol. The van der Waals surface area contributed by atoms with E-state index in [4.69, 9.17) is 15.6 Å². The fraction of sp³-hybridized carbons (Fsp3) is 0.400. The largest absolute Gasteiger partial charge is 0.480 e. The highest BCUT2D eigenvalue weighted by Crippen LogP contribution is 2.33. The van der Waals surface area contributed by atoms with Crippen LogP contribution in [0.1, 0.15) is 28.0 Å². The van der Waals surface area contributed by atoms with Crippen molar-refractivity contribution in [1.29, 1.82) is 0 Å². The number of hydrogen-bond acceptors (Lipinski definition) is 4. The van der Waals surface area contributed by atoms with E-state index in [0.717, 1.165) is 30.5 Å². The summed E-state index contributed by atoms with van der Waals surface area (Å²) in [5.41, 5.74) is 7.56. The predicted octanol–water partition coefficient (Wildman–Crippen LogP) is 0.859. The molecule has 0 atom stereocenters. The zero-order chi connectivity index (χ0) is 11.0. The summed E-state index contributed by atoms with van der Waals surface area (Å²) in [5.74, 6) is -0.792. The summed E-state index contributed by atoms with van der Waals surface area (Å²) in [5, 5.41) is 9.09. The monoisotopic (exact) mass is 208 g/mol. The molecule has 5 nitrogen and oxygen atoms in total. The number of ether oxygens (including phenoxy) is 1. The molecule has 2 rings (SSSR count). The molecule has 0 amide bonds. The van der Waals surface area contributed by atoms with Gasteiger partial charge in [-0.2, -0.15) is 0 Å². The number of nitrogens with zero attached hydrogens (tertiary/aromatic N) is 1. The number of nitrogens with two attached hydrogens (primary N) is 1. The van der Waals surface area contributed by atoms with Crippen LogP contribution in [0.15, 0.2) is 0 Å². The van der Waals surface area contributed by atoms with Gasteiger partial charge >= 0.3 is 5.97 Å². The van der Waals surface area contributed by atoms with Crippen LogP contribution in [-0.2, 0) is 12.8 Å². The van der Waals surface area contributed by atoms with Gasteiger partial charge in [0.1, 0.15) is 5.69 Å². The standard InChI is InChI=1S/C10H12N2O3/c1-15-9-8(11)7(10(13)14)5-3-2-4-6(5)12-9/h2-4,11H2,1H3,(H,13,14). The van der Waals surface area contributed by atoms with Gasteiger partial charge in [0, 0.05) is 5.69 Å². The SMILES string of the molecule is COc1nc2c(c(C(=O)O)c1N)CCC2.